The third kappa shape index (κ3) is 2.84. The predicted molar refractivity (Wildman–Crippen MR) is 86.1 cm³/mol. The molecule has 0 saturated heterocycles. The maximum Gasteiger partial charge on any atom is 0.274 e. The van der Waals surface area contributed by atoms with E-state index in [-0.39, 0.29) is 0 Å². The van der Waals surface area contributed by atoms with Crippen molar-refractivity contribution in [2.75, 3.05) is 5.32 Å². The summed E-state index contributed by atoms with van der Waals surface area (Å²) in [5.41, 5.74) is 5.51. The van der Waals surface area contributed by atoms with E-state index in [1.54, 1.807) is 35.8 Å². The van der Waals surface area contributed by atoms with E-state index in [1.807, 2.05) is 13.0 Å². The molecule has 0 aliphatic carbocycles. The molecule has 3 aromatic rings. The van der Waals surface area contributed by atoms with Crippen LogP contribution in [0.15, 0.2) is 36.4 Å². The average Bonchev–Trinajstić information content (AvgIpc) is 2.94. The molecule has 114 valence electrons. The summed E-state index contributed by atoms with van der Waals surface area (Å²) in [5.74, 6) is -0.0846. The van der Waals surface area contributed by atoms with Gasteiger partial charge in [0, 0.05) is 11.3 Å². The number of hydrogen-bond acceptors (Lipinski definition) is 4. The molecule has 7 heteroatoms. The molecule has 1 amide bonds. The van der Waals surface area contributed by atoms with Gasteiger partial charge >= 0.3 is 0 Å². The molecular formula is C16H13N5O2. The third-order valence-electron chi connectivity index (χ3n) is 3.41. The second-order valence-electron chi connectivity index (χ2n) is 5.00. The van der Waals surface area contributed by atoms with Gasteiger partial charge in [-0.3, -0.25) is 10.0 Å². The highest BCUT2D eigenvalue weighted by Crippen LogP contribution is 2.26. The van der Waals surface area contributed by atoms with Crippen LogP contribution in [0.4, 0.5) is 17.3 Å². The van der Waals surface area contributed by atoms with Gasteiger partial charge in [-0.2, -0.15) is 0 Å². The zero-order valence-electron chi connectivity index (χ0n) is 12.2. The molecule has 2 aromatic carbocycles. The van der Waals surface area contributed by atoms with Gasteiger partial charge < -0.3 is 10.3 Å². The quantitative estimate of drug-likeness (QED) is 0.339. The lowest BCUT2D eigenvalue weighted by molar-refractivity contribution is 0.0706. The Kier molecular flexibility index (Phi) is 3.66. The number of aromatic amines is 1. The topological polar surface area (TPSA) is 94.4 Å². The number of aromatic nitrogens is 2. The Labute approximate surface area is 131 Å². The summed E-state index contributed by atoms with van der Waals surface area (Å²) in [6, 6.07) is 10.2. The zero-order chi connectivity index (χ0) is 16.4. The monoisotopic (exact) mass is 307 g/mol. The first-order chi connectivity index (χ1) is 11.1. The first-order valence-corrected chi connectivity index (χ1v) is 6.80. The fourth-order valence-electron chi connectivity index (χ4n) is 2.27. The van der Waals surface area contributed by atoms with Gasteiger partial charge in [-0.05, 0) is 42.8 Å². The van der Waals surface area contributed by atoms with E-state index < -0.39 is 5.91 Å². The van der Waals surface area contributed by atoms with Crippen molar-refractivity contribution in [2.45, 2.75) is 6.92 Å². The summed E-state index contributed by atoms with van der Waals surface area (Å²) >= 11 is 0. The summed E-state index contributed by atoms with van der Waals surface area (Å²) in [4.78, 5) is 22.4. The van der Waals surface area contributed by atoms with E-state index in [0.29, 0.717) is 28.4 Å². The van der Waals surface area contributed by atoms with Crippen molar-refractivity contribution in [1.29, 1.82) is 0 Å². The minimum absolute atomic E-state index is 0.319. The number of imidazole rings is 1. The van der Waals surface area contributed by atoms with Crippen molar-refractivity contribution in [3.8, 4) is 0 Å². The molecular weight excluding hydrogens is 294 g/mol. The van der Waals surface area contributed by atoms with E-state index in [0.717, 1.165) is 11.1 Å². The molecule has 0 radical (unpaired) electrons. The summed E-state index contributed by atoms with van der Waals surface area (Å²) < 4.78 is 0. The largest absolute Gasteiger partial charge is 0.326 e. The van der Waals surface area contributed by atoms with Crippen LogP contribution in [0, 0.1) is 13.5 Å². The predicted octanol–water partition coefficient (Wildman–Crippen LogP) is 3.28. The van der Waals surface area contributed by atoms with E-state index >= 15 is 0 Å². The van der Waals surface area contributed by atoms with Crippen LogP contribution in [0.5, 0.6) is 0 Å². The second-order valence-corrected chi connectivity index (χ2v) is 5.00. The summed E-state index contributed by atoms with van der Waals surface area (Å²) in [7, 11) is 0. The van der Waals surface area contributed by atoms with Gasteiger partial charge in [0.2, 0.25) is 5.95 Å². The van der Waals surface area contributed by atoms with Crippen molar-refractivity contribution >= 4 is 34.3 Å². The standard InChI is InChI=1S/C16H13N5O2/c1-9-6-13-14(8-12(9)17-2)20-16(19-13)18-11-5-3-4-10(7-11)15(22)21-23/h3-8,23H,1H3,(H,21,22)(H2,18,19,20). The van der Waals surface area contributed by atoms with Crippen molar-refractivity contribution in [3.63, 3.8) is 0 Å². The Morgan fingerprint density at radius 2 is 2.17 bits per heavy atom. The van der Waals surface area contributed by atoms with Gasteiger partial charge in [-0.25, -0.2) is 15.3 Å². The number of amides is 1. The number of H-pyrrole nitrogens is 1. The van der Waals surface area contributed by atoms with E-state index in [1.165, 1.54) is 0 Å². The Hall–Kier alpha value is -3.37. The summed E-state index contributed by atoms with van der Waals surface area (Å²) in [6.45, 7) is 9.01. The number of fused-ring (bicyclic) bond motifs is 1. The Bertz CT molecular complexity index is 939. The second kappa shape index (κ2) is 5.79. The first kappa shape index (κ1) is 14.6. The van der Waals surface area contributed by atoms with Gasteiger partial charge in [0.05, 0.1) is 17.6 Å². The van der Waals surface area contributed by atoms with Crippen molar-refractivity contribution in [1.82, 2.24) is 15.4 Å². The maximum absolute atomic E-state index is 11.4. The van der Waals surface area contributed by atoms with Crippen LogP contribution in [0.1, 0.15) is 15.9 Å². The minimum atomic E-state index is -0.587. The molecule has 3 rings (SSSR count). The highest BCUT2D eigenvalue weighted by molar-refractivity contribution is 5.94. The molecule has 0 fully saturated rings. The number of carbonyl (C=O) groups is 1. The molecule has 0 bridgehead atoms. The molecule has 0 spiro atoms. The summed E-state index contributed by atoms with van der Waals surface area (Å²) in [6.07, 6.45) is 0. The zero-order valence-corrected chi connectivity index (χ0v) is 12.2. The minimum Gasteiger partial charge on any atom is -0.326 e. The molecule has 0 aliphatic heterocycles. The number of hydroxylamine groups is 1. The van der Waals surface area contributed by atoms with Crippen molar-refractivity contribution < 1.29 is 10.0 Å². The van der Waals surface area contributed by atoms with Crippen molar-refractivity contribution in [3.05, 3.63) is 58.9 Å². The van der Waals surface area contributed by atoms with Crippen molar-refractivity contribution in [2.24, 2.45) is 0 Å². The molecule has 1 heterocycles. The Morgan fingerprint density at radius 1 is 1.35 bits per heavy atom. The van der Waals surface area contributed by atoms with Crippen LogP contribution < -0.4 is 10.8 Å². The van der Waals surface area contributed by atoms with Gasteiger partial charge in [-0.1, -0.05) is 6.07 Å². The molecule has 4 N–H and O–H groups in total. The normalized spacial score (nSPS) is 10.3. The van der Waals surface area contributed by atoms with E-state index in [2.05, 4.69) is 20.1 Å². The van der Waals surface area contributed by atoms with Crippen LogP contribution in [-0.4, -0.2) is 21.1 Å². The number of anilines is 2. The number of nitrogens with one attached hydrogen (secondary N) is 3. The number of benzene rings is 2. The molecule has 0 atom stereocenters. The maximum atomic E-state index is 11.4. The highest BCUT2D eigenvalue weighted by Gasteiger charge is 2.08. The number of aryl methyl sites for hydroxylation is 1. The Balaban J connectivity index is 1.93. The molecule has 23 heavy (non-hydrogen) atoms. The van der Waals surface area contributed by atoms with Crippen LogP contribution in [0.25, 0.3) is 15.9 Å². The number of hydrogen-bond donors (Lipinski definition) is 4. The summed E-state index contributed by atoms with van der Waals surface area (Å²) in [5, 5.41) is 11.7. The fourth-order valence-corrected chi connectivity index (χ4v) is 2.27. The lowest BCUT2D eigenvalue weighted by Crippen LogP contribution is -2.18. The van der Waals surface area contributed by atoms with Gasteiger partial charge in [-0.15, -0.1) is 0 Å². The van der Waals surface area contributed by atoms with Crippen LogP contribution in [-0.2, 0) is 0 Å². The molecule has 0 unspecified atom stereocenters. The van der Waals surface area contributed by atoms with Gasteiger partial charge in [0.15, 0.2) is 5.69 Å². The third-order valence-corrected chi connectivity index (χ3v) is 3.41. The highest BCUT2D eigenvalue weighted by atomic mass is 16.5. The first-order valence-electron chi connectivity index (χ1n) is 6.80. The Morgan fingerprint density at radius 3 is 2.91 bits per heavy atom. The molecule has 0 saturated carbocycles. The van der Waals surface area contributed by atoms with Gasteiger partial charge in [0.25, 0.3) is 5.91 Å². The lowest BCUT2D eigenvalue weighted by Gasteiger charge is -2.04. The van der Waals surface area contributed by atoms with E-state index in [4.69, 9.17) is 11.8 Å². The lowest BCUT2D eigenvalue weighted by atomic mass is 10.2. The fraction of sp³-hybridized carbons (Fsp3) is 0.0625. The number of rotatable bonds is 3. The van der Waals surface area contributed by atoms with Crippen LogP contribution in [0.2, 0.25) is 0 Å². The smallest absolute Gasteiger partial charge is 0.274 e. The van der Waals surface area contributed by atoms with Crippen LogP contribution in [0.3, 0.4) is 0 Å². The van der Waals surface area contributed by atoms with Crippen LogP contribution >= 0.6 is 0 Å². The molecule has 1 aromatic heterocycles. The average molecular weight is 307 g/mol. The number of nitrogens with zero attached hydrogens (tertiary/aromatic N) is 2. The molecule has 0 aliphatic rings. The van der Waals surface area contributed by atoms with Gasteiger partial charge in [0.1, 0.15) is 0 Å². The SMILES string of the molecule is [C-]#[N+]c1cc2nc(Nc3cccc(C(=O)NO)c3)[nH]c2cc1C. The molecule has 7 nitrogen and oxygen atoms in total. The number of carbonyl (C=O) groups excluding carboxylic acids is 1. The van der Waals surface area contributed by atoms with E-state index in [9.17, 15) is 4.79 Å².